The molecule has 104 valence electrons. The molecule has 0 amide bonds. The van der Waals surface area contributed by atoms with Crippen molar-refractivity contribution < 1.29 is 5.11 Å². The Labute approximate surface area is 114 Å². The van der Waals surface area contributed by atoms with Gasteiger partial charge in [-0.15, -0.1) is 0 Å². The molecule has 0 radical (unpaired) electrons. The second-order valence-electron chi connectivity index (χ2n) is 5.57. The second-order valence-corrected chi connectivity index (χ2v) is 5.57. The van der Waals surface area contributed by atoms with Crippen LogP contribution in [-0.4, -0.2) is 23.2 Å². The summed E-state index contributed by atoms with van der Waals surface area (Å²) in [5.41, 5.74) is 6.49. The lowest BCUT2D eigenvalue weighted by Gasteiger charge is -2.35. The van der Waals surface area contributed by atoms with Crippen LogP contribution in [-0.2, 0) is 0 Å². The van der Waals surface area contributed by atoms with Gasteiger partial charge in [0, 0.05) is 5.69 Å². The van der Waals surface area contributed by atoms with Gasteiger partial charge in [0.15, 0.2) is 5.96 Å². The van der Waals surface area contributed by atoms with Crippen LogP contribution in [0.2, 0.25) is 0 Å². The molecule has 1 fully saturated rings. The number of aliphatic hydroxyl groups excluding tert-OH is 1. The van der Waals surface area contributed by atoms with E-state index in [0.29, 0.717) is 11.9 Å². The van der Waals surface area contributed by atoms with Crippen LogP contribution in [0.4, 0.5) is 5.69 Å². The molecule has 4 heteroatoms. The van der Waals surface area contributed by atoms with Crippen molar-refractivity contribution in [1.82, 2.24) is 0 Å². The molecule has 1 saturated carbocycles. The Morgan fingerprint density at radius 1 is 1.47 bits per heavy atom. The van der Waals surface area contributed by atoms with Crippen LogP contribution in [0.1, 0.15) is 32.6 Å². The van der Waals surface area contributed by atoms with Gasteiger partial charge in [0.05, 0.1) is 12.1 Å². The Kier molecular flexibility index (Phi) is 4.43. The van der Waals surface area contributed by atoms with Gasteiger partial charge in [-0.05, 0) is 30.9 Å². The molecule has 0 bridgehead atoms. The Hall–Kier alpha value is -1.55. The van der Waals surface area contributed by atoms with E-state index < -0.39 is 5.54 Å². The highest BCUT2D eigenvalue weighted by Crippen LogP contribution is 2.34. The van der Waals surface area contributed by atoms with Crippen molar-refractivity contribution in [3.63, 3.8) is 0 Å². The minimum atomic E-state index is -0.399. The molecule has 0 spiro atoms. The first-order valence-corrected chi connectivity index (χ1v) is 6.92. The maximum Gasteiger partial charge on any atom is 0.193 e. The Bertz CT molecular complexity index is 432. The molecule has 4 nitrogen and oxygen atoms in total. The summed E-state index contributed by atoms with van der Waals surface area (Å²) < 4.78 is 0. The molecule has 2 unspecified atom stereocenters. The number of anilines is 1. The number of aliphatic imine (C=N–C) groups is 1. The smallest absolute Gasteiger partial charge is 0.193 e. The molecule has 1 aliphatic carbocycles. The number of para-hydroxylation sites is 1. The summed E-state index contributed by atoms with van der Waals surface area (Å²) in [5.74, 6) is 0.975. The van der Waals surface area contributed by atoms with Gasteiger partial charge < -0.3 is 16.2 Å². The van der Waals surface area contributed by atoms with Gasteiger partial charge in [-0.3, -0.25) is 0 Å². The monoisotopic (exact) mass is 261 g/mol. The lowest BCUT2D eigenvalue weighted by atomic mass is 9.77. The summed E-state index contributed by atoms with van der Waals surface area (Å²) >= 11 is 0. The van der Waals surface area contributed by atoms with Crippen LogP contribution in [0.15, 0.2) is 35.3 Å². The molecule has 0 aliphatic heterocycles. The van der Waals surface area contributed by atoms with Crippen molar-refractivity contribution in [3.05, 3.63) is 30.3 Å². The van der Waals surface area contributed by atoms with E-state index in [2.05, 4.69) is 17.2 Å². The Morgan fingerprint density at radius 3 is 2.84 bits per heavy atom. The van der Waals surface area contributed by atoms with Crippen molar-refractivity contribution >= 4 is 11.6 Å². The molecular formula is C15H23N3O. The number of hydrogen-bond acceptors (Lipinski definition) is 2. The zero-order valence-electron chi connectivity index (χ0n) is 11.5. The van der Waals surface area contributed by atoms with Crippen molar-refractivity contribution in [2.24, 2.45) is 16.6 Å². The molecule has 0 aromatic heterocycles. The maximum atomic E-state index is 9.68. The lowest BCUT2D eigenvalue weighted by molar-refractivity contribution is 0.135. The summed E-state index contributed by atoms with van der Waals surface area (Å²) in [7, 11) is 0. The fourth-order valence-electron chi connectivity index (χ4n) is 2.87. The van der Waals surface area contributed by atoms with Gasteiger partial charge in [0.2, 0.25) is 0 Å². The standard InChI is InChI=1S/C15H23N3O/c1-12-6-5-9-15(10-12,11-19)18-14(16)17-13-7-3-2-4-8-13/h2-4,7-8,12,19H,5-6,9-11H2,1H3,(H3,16,17,18). The third kappa shape index (κ3) is 3.70. The number of nitrogens with zero attached hydrogens (tertiary/aromatic N) is 1. The molecule has 1 aromatic rings. The van der Waals surface area contributed by atoms with E-state index >= 15 is 0 Å². The van der Waals surface area contributed by atoms with E-state index in [4.69, 9.17) is 5.73 Å². The molecule has 4 N–H and O–H groups in total. The number of nitrogens with one attached hydrogen (secondary N) is 1. The highest BCUT2D eigenvalue weighted by Gasteiger charge is 2.34. The zero-order valence-corrected chi connectivity index (χ0v) is 11.5. The average molecular weight is 261 g/mol. The first kappa shape index (κ1) is 13.9. The number of nitrogens with two attached hydrogens (primary N) is 1. The van der Waals surface area contributed by atoms with Gasteiger partial charge in [0.25, 0.3) is 0 Å². The van der Waals surface area contributed by atoms with Crippen molar-refractivity contribution in [1.29, 1.82) is 0 Å². The number of rotatable bonds is 3. The average Bonchev–Trinajstić information content (AvgIpc) is 2.39. The summed E-state index contributed by atoms with van der Waals surface area (Å²) in [6.07, 6.45) is 4.12. The molecule has 2 rings (SSSR count). The van der Waals surface area contributed by atoms with Crippen LogP contribution >= 0.6 is 0 Å². The highest BCUT2D eigenvalue weighted by atomic mass is 16.3. The van der Waals surface area contributed by atoms with Gasteiger partial charge in [-0.2, -0.15) is 0 Å². The summed E-state index contributed by atoms with van der Waals surface area (Å²) in [6, 6.07) is 9.73. The third-order valence-corrected chi connectivity index (χ3v) is 3.77. The molecular weight excluding hydrogens is 238 g/mol. The molecule has 0 heterocycles. The van der Waals surface area contributed by atoms with E-state index in [9.17, 15) is 5.11 Å². The Balaban J connectivity index is 2.09. The zero-order chi connectivity index (χ0) is 13.7. The minimum absolute atomic E-state index is 0.0640. The second kappa shape index (κ2) is 6.06. The van der Waals surface area contributed by atoms with Crippen LogP contribution < -0.4 is 11.1 Å². The van der Waals surface area contributed by atoms with Gasteiger partial charge >= 0.3 is 0 Å². The predicted molar refractivity (Wildman–Crippen MR) is 79.1 cm³/mol. The van der Waals surface area contributed by atoms with Crippen LogP contribution in [0.5, 0.6) is 0 Å². The maximum absolute atomic E-state index is 9.68. The molecule has 1 aliphatic rings. The summed E-state index contributed by atoms with van der Waals surface area (Å²) in [5, 5.41) is 12.8. The minimum Gasteiger partial charge on any atom is -0.394 e. The normalized spacial score (nSPS) is 28.1. The summed E-state index contributed by atoms with van der Waals surface area (Å²) in [4.78, 5) is 4.56. The number of benzene rings is 1. The van der Waals surface area contributed by atoms with Crippen LogP contribution in [0, 0.1) is 5.92 Å². The van der Waals surface area contributed by atoms with E-state index in [1.54, 1.807) is 0 Å². The van der Waals surface area contributed by atoms with E-state index in [0.717, 1.165) is 24.9 Å². The first-order chi connectivity index (χ1) is 9.13. The van der Waals surface area contributed by atoms with E-state index in [1.165, 1.54) is 6.42 Å². The van der Waals surface area contributed by atoms with E-state index in [-0.39, 0.29) is 6.61 Å². The fraction of sp³-hybridized carbons (Fsp3) is 0.533. The predicted octanol–water partition coefficient (Wildman–Crippen LogP) is 2.35. The quantitative estimate of drug-likeness (QED) is 0.578. The van der Waals surface area contributed by atoms with Crippen molar-refractivity contribution in [2.45, 2.75) is 38.1 Å². The summed E-state index contributed by atoms with van der Waals surface area (Å²) in [6.45, 7) is 2.27. The molecule has 2 atom stereocenters. The van der Waals surface area contributed by atoms with Crippen LogP contribution in [0.25, 0.3) is 0 Å². The largest absolute Gasteiger partial charge is 0.394 e. The van der Waals surface area contributed by atoms with Crippen LogP contribution in [0.3, 0.4) is 0 Å². The van der Waals surface area contributed by atoms with Gasteiger partial charge in [0.1, 0.15) is 0 Å². The molecule has 0 saturated heterocycles. The SMILES string of the molecule is CC1CCCC(CO)(N=C(N)Nc2ccccc2)C1. The lowest BCUT2D eigenvalue weighted by Crippen LogP contribution is -2.40. The van der Waals surface area contributed by atoms with Gasteiger partial charge in [-0.1, -0.05) is 38.0 Å². The molecule has 1 aromatic carbocycles. The first-order valence-electron chi connectivity index (χ1n) is 6.92. The number of aliphatic hydroxyl groups is 1. The van der Waals surface area contributed by atoms with E-state index in [1.807, 2.05) is 30.3 Å². The van der Waals surface area contributed by atoms with Gasteiger partial charge in [-0.25, -0.2) is 4.99 Å². The Morgan fingerprint density at radius 2 is 2.21 bits per heavy atom. The molecule has 19 heavy (non-hydrogen) atoms. The third-order valence-electron chi connectivity index (χ3n) is 3.77. The highest BCUT2D eigenvalue weighted by molar-refractivity contribution is 5.92. The number of guanidine groups is 1. The van der Waals surface area contributed by atoms with Crippen molar-refractivity contribution in [3.8, 4) is 0 Å². The fourth-order valence-corrected chi connectivity index (χ4v) is 2.87. The number of hydrogen-bond donors (Lipinski definition) is 3. The topological polar surface area (TPSA) is 70.6 Å². The van der Waals surface area contributed by atoms with Crippen molar-refractivity contribution in [2.75, 3.05) is 11.9 Å².